The van der Waals surface area contributed by atoms with Crippen LogP contribution in [0.4, 0.5) is 9.93 Å². The quantitative estimate of drug-likeness (QED) is 0.855. The van der Waals surface area contributed by atoms with Crippen LogP contribution in [0.1, 0.15) is 29.2 Å². The molecule has 0 fully saturated rings. The average molecular weight is 326 g/mol. The minimum absolute atomic E-state index is 0.190. The Labute approximate surface area is 131 Å². The standard InChI is InChI=1S/C13H18N4O2S2/c1-8(11-15-9(2)6-20-11)4-14-12(18)17-13-16-10(5-19-3)7-21-13/h6-8H,4-5H2,1-3H3,(H2,14,16,17,18)/t8-/m0/s1. The lowest BCUT2D eigenvalue weighted by Gasteiger charge is -2.10. The van der Waals surface area contributed by atoms with Gasteiger partial charge in [0, 0.05) is 36.0 Å². The van der Waals surface area contributed by atoms with Crippen molar-refractivity contribution >= 4 is 33.8 Å². The molecule has 0 aliphatic rings. The monoisotopic (exact) mass is 326 g/mol. The Balaban J connectivity index is 1.78. The zero-order valence-electron chi connectivity index (χ0n) is 12.2. The molecule has 0 radical (unpaired) electrons. The SMILES string of the molecule is COCc1csc(NC(=O)NC[C@H](C)c2nc(C)cs2)n1. The Morgan fingerprint density at radius 3 is 2.86 bits per heavy atom. The van der Waals surface area contributed by atoms with Gasteiger partial charge in [-0.15, -0.1) is 22.7 Å². The van der Waals surface area contributed by atoms with Gasteiger partial charge in [0.25, 0.3) is 0 Å². The number of urea groups is 1. The number of carbonyl (C=O) groups is 1. The van der Waals surface area contributed by atoms with Crippen molar-refractivity contribution in [3.8, 4) is 0 Å². The van der Waals surface area contributed by atoms with E-state index >= 15 is 0 Å². The number of methoxy groups -OCH3 is 1. The van der Waals surface area contributed by atoms with Crippen molar-refractivity contribution in [3.63, 3.8) is 0 Å². The zero-order valence-corrected chi connectivity index (χ0v) is 13.8. The fourth-order valence-corrected chi connectivity index (χ4v) is 3.20. The van der Waals surface area contributed by atoms with Gasteiger partial charge in [0.05, 0.1) is 17.3 Å². The molecule has 0 bridgehead atoms. The van der Waals surface area contributed by atoms with Crippen LogP contribution in [-0.4, -0.2) is 29.7 Å². The highest BCUT2D eigenvalue weighted by Crippen LogP contribution is 2.19. The normalized spacial score (nSPS) is 12.1. The molecular formula is C13H18N4O2S2. The van der Waals surface area contributed by atoms with Crippen molar-refractivity contribution in [2.24, 2.45) is 0 Å². The topological polar surface area (TPSA) is 76.1 Å². The maximum absolute atomic E-state index is 11.8. The van der Waals surface area contributed by atoms with E-state index in [9.17, 15) is 4.79 Å². The molecule has 0 saturated heterocycles. The van der Waals surface area contributed by atoms with Gasteiger partial charge in [-0.3, -0.25) is 5.32 Å². The Bertz CT molecular complexity index is 597. The van der Waals surface area contributed by atoms with Crippen LogP contribution in [0.2, 0.25) is 0 Å². The maximum atomic E-state index is 11.8. The predicted octanol–water partition coefficient (Wildman–Crippen LogP) is 2.98. The van der Waals surface area contributed by atoms with Gasteiger partial charge in [0.1, 0.15) is 0 Å². The van der Waals surface area contributed by atoms with E-state index in [4.69, 9.17) is 4.74 Å². The van der Waals surface area contributed by atoms with E-state index in [1.807, 2.05) is 24.6 Å². The second-order valence-corrected chi connectivity index (χ2v) is 6.39. The summed E-state index contributed by atoms with van der Waals surface area (Å²) < 4.78 is 4.99. The number of hydrogen-bond donors (Lipinski definition) is 2. The lowest BCUT2D eigenvalue weighted by atomic mass is 10.2. The summed E-state index contributed by atoms with van der Waals surface area (Å²) in [4.78, 5) is 20.5. The predicted molar refractivity (Wildman–Crippen MR) is 85.1 cm³/mol. The smallest absolute Gasteiger partial charge is 0.321 e. The first-order valence-electron chi connectivity index (χ1n) is 6.48. The third kappa shape index (κ3) is 4.76. The molecule has 0 unspecified atom stereocenters. The molecule has 0 aliphatic heterocycles. The molecule has 2 aromatic rings. The van der Waals surface area contributed by atoms with Gasteiger partial charge in [-0.2, -0.15) is 0 Å². The third-order valence-corrected chi connectivity index (χ3v) is 4.69. The van der Waals surface area contributed by atoms with Crippen molar-refractivity contribution in [2.75, 3.05) is 19.0 Å². The average Bonchev–Trinajstić information content (AvgIpc) is 3.06. The summed E-state index contributed by atoms with van der Waals surface area (Å²) in [5, 5.41) is 11.0. The molecule has 8 heteroatoms. The maximum Gasteiger partial charge on any atom is 0.321 e. The van der Waals surface area contributed by atoms with Crippen LogP contribution in [0.15, 0.2) is 10.8 Å². The van der Waals surface area contributed by atoms with Gasteiger partial charge in [-0.25, -0.2) is 14.8 Å². The van der Waals surface area contributed by atoms with Gasteiger partial charge in [0.15, 0.2) is 5.13 Å². The third-order valence-electron chi connectivity index (χ3n) is 2.69. The lowest BCUT2D eigenvalue weighted by molar-refractivity contribution is 0.182. The molecule has 114 valence electrons. The highest BCUT2D eigenvalue weighted by atomic mass is 32.1. The Morgan fingerprint density at radius 1 is 1.38 bits per heavy atom. The Hall–Kier alpha value is -1.51. The number of amides is 2. The lowest BCUT2D eigenvalue weighted by Crippen LogP contribution is -2.31. The van der Waals surface area contributed by atoms with E-state index in [1.165, 1.54) is 11.3 Å². The molecule has 0 spiro atoms. The van der Waals surface area contributed by atoms with E-state index in [0.29, 0.717) is 18.3 Å². The molecule has 2 rings (SSSR count). The van der Waals surface area contributed by atoms with Gasteiger partial charge in [-0.1, -0.05) is 6.92 Å². The van der Waals surface area contributed by atoms with Crippen molar-refractivity contribution < 1.29 is 9.53 Å². The largest absolute Gasteiger partial charge is 0.378 e. The van der Waals surface area contributed by atoms with Gasteiger partial charge in [0.2, 0.25) is 0 Å². The molecule has 0 saturated carbocycles. The van der Waals surface area contributed by atoms with E-state index < -0.39 is 0 Å². The van der Waals surface area contributed by atoms with E-state index in [-0.39, 0.29) is 11.9 Å². The van der Waals surface area contributed by atoms with Gasteiger partial charge >= 0.3 is 6.03 Å². The number of rotatable bonds is 6. The summed E-state index contributed by atoms with van der Waals surface area (Å²) in [5.74, 6) is 0.190. The van der Waals surface area contributed by atoms with Crippen LogP contribution < -0.4 is 10.6 Å². The first-order chi connectivity index (χ1) is 10.1. The molecule has 2 N–H and O–H groups in total. The number of nitrogens with zero attached hydrogens (tertiary/aromatic N) is 2. The summed E-state index contributed by atoms with van der Waals surface area (Å²) in [7, 11) is 1.61. The van der Waals surface area contributed by atoms with Crippen LogP contribution in [-0.2, 0) is 11.3 Å². The molecular weight excluding hydrogens is 308 g/mol. The number of aryl methyl sites for hydroxylation is 1. The number of carbonyl (C=O) groups excluding carboxylic acids is 1. The first kappa shape index (κ1) is 15.9. The van der Waals surface area contributed by atoms with Crippen LogP contribution in [0.3, 0.4) is 0 Å². The minimum Gasteiger partial charge on any atom is -0.378 e. The van der Waals surface area contributed by atoms with Crippen LogP contribution in [0.25, 0.3) is 0 Å². The zero-order chi connectivity index (χ0) is 15.2. The summed E-state index contributed by atoms with van der Waals surface area (Å²) in [5.41, 5.74) is 1.82. The highest BCUT2D eigenvalue weighted by molar-refractivity contribution is 7.13. The fraction of sp³-hybridized carbons (Fsp3) is 0.462. The second-order valence-electron chi connectivity index (χ2n) is 4.64. The number of nitrogens with one attached hydrogen (secondary N) is 2. The summed E-state index contributed by atoms with van der Waals surface area (Å²) in [6.45, 7) is 4.99. The molecule has 6 nitrogen and oxygen atoms in total. The van der Waals surface area contributed by atoms with Crippen LogP contribution in [0, 0.1) is 6.92 Å². The van der Waals surface area contributed by atoms with Crippen LogP contribution in [0.5, 0.6) is 0 Å². The molecule has 2 aromatic heterocycles. The minimum atomic E-state index is -0.256. The van der Waals surface area contributed by atoms with Crippen molar-refractivity contribution in [3.05, 3.63) is 27.2 Å². The summed E-state index contributed by atoms with van der Waals surface area (Å²) >= 11 is 2.99. The number of hydrogen-bond acceptors (Lipinski definition) is 6. The van der Waals surface area contributed by atoms with E-state index in [2.05, 4.69) is 20.6 Å². The number of aromatic nitrogens is 2. The summed E-state index contributed by atoms with van der Waals surface area (Å²) in [6.07, 6.45) is 0. The number of thiazole rings is 2. The molecule has 2 heterocycles. The van der Waals surface area contributed by atoms with Crippen molar-refractivity contribution in [1.29, 1.82) is 0 Å². The number of anilines is 1. The molecule has 21 heavy (non-hydrogen) atoms. The van der Waals surface area contributed by atoms with Gasteiger partial charge in [-0.05, 0) is 6.92 Å². The molecule has 0 aliphatic carbocycles. The van der Waals surface area contributed by atoms with E-state index in [1.54, 1.807) is 18.4 Å². The Kier molecular flexibility index (Phi) is 5.66. The van der Waals surface area contributed by atoms with Crippen molar-refractivity contribution in [1.82, 2.24) is 15.3 Å². The number of ether oxygens (including phenoxy) is 1. The van der Waals surface area contributed by atoms with Gasteiger partial charge < -0.3 is 10.1 Å². The second kappa shape index (κ2) is 7.48. The van der Waals surface area contributed by atoms with Crippen LogP contribution >= 0.6 is 22.7 Å². The first-order valence-corrected chi connectivity index (χ1v) is 8.24. The molecule has 2 amide bonds. The van der Waals surface area contributed by atoms with E-state index in [0.717, 1.165) is 16.4 Å². The molecule has 0 aromatic carbocycles. The highest BCUT2D eigenvalue weighted by Gasteiger charge is 2.12. The fourth-order valence-electron chi connectivity index (χ4n) is 1.65. The molecule has 1 atom stereocenters. The van der Waals surface area contributed by atoms with Crippen molar-refractivity contribution in [2.45, 2.75) is 26.4 Å². The Morgan fingerprint density at radius 2 is 2.19 bits per heavy atom. The summed E-state index contributed by atoms with van der Waals surface area (Å²) in [6, 6.07) is -0.256.